The van der Waals surface area contributed by atoms with E-state index in [1.165, 1.54) is 65.0 Å². The summed E-state index contributed by atoms with van der Waals surface area (Å²) in [5.41, 5.74) is 0.936. The molecule has 0 radical (unpaired) electrons. The van der Waals surface area contributed by atoms with Crippen molar-refractivity contribution in [2.24, 2.45) is 11.8 Å². The van der Waals surface area contributed by atoms with Crippen LogP contribution in [0, 0.1) is 11.8 Å². The van der Waals surface area contributed by atoms with Crippen molar-refractivity contribution in [1.82, 2.24) is 25.3 Å². The molecule has 2 amide bonds. The average molecular weight is 542 g/mol. The van der Waals surface area contributed by atoms with Gasteiger partial charge < -0.3 is 30.4 Å². The van der Waals surface area contributed by atoms with Gasteiger partial charge in [0, 0.05) is 52.1 Å². The SMILES string of the molecule is CCCC(=O)N[C@@H](Cc1ccc(O)cc1)C(=O)N1CCC(CCN2CCC(CCN3CCNCC3)CC2)CC1. The number of benzene rings is 1. The fourth-order valence-electron chi connectivity index (χ4n) is 6.39. The van der Waals surface area contributed by atoms with Crippen molar-refractivity contribution in [3.05, 3.63) is 29.8 Å². The van der Waals surface area contributed by atoms with Crippen LogP contribution in [0.25, 0.3) is 0 Å². The third-order valence-corrected chi connectivity index (χ3v) is 9.04. The predicted octanol–water partition coefficient (Wildman–Crippen LogP) is 2.86. The first kappa shape index (κ1) is 29.8. The van der Waals surface area contributed by atoms with Crippen molar-refractivity contribution < 1.29 is 14.7 Å². The van der Waals surface area contributed by atoms with Gasteiger partial charge in [0.2, 0.25) is 11.8 Å². The van der Waals surface area contributed by atoms with Crippen LogP contribution in [0.1, 0.15) is 63.9 Å². The van der Waals surface area contributed by atoms with Crippen LogP contribution in [0.3, 0.4) is 0 Å². The second-order valence-corrected chi connectivity index (χ2v) is 12.0. The Kier molecular flexibility index (Phi) is 11.9. The summed E-state index contributed by atoms with van der Waals surface area (Å²) in [6.07, 6.45) is 8.96. The maximum absolute atomic E-state index is 13.5. The Bertz CT molecular complexity index is 873. The van der Waals surface area contributed by atoms with Gasteiger partial charge in [0.1, 0.15) is 11.8 Å². The number of aromatic hydroxyl groups is 1. The lowest BCUT2D eigenvalue weighted by molar-refractivity contribution is -0.137. The van der Waals surface area contributed by atoms with Crippen LogP contribution in [0.4, 0.5) is 0 Å². The summed E-state index contributed by atoms with van der Waals surface area (Å²) in [5, 5.41) is 16.0. The third-order valence-electron chi connectivity index (χ3n) is 9.04. The van der Waals surface area contributed by atoms with Crippen molar-refractivity contribution >= 4 is 11.8 Å². The van der Waals surface area contributed by atoms with Crippen LogP contribution in [0.2, 0.25) is 0 Å². The number of likely N-dealkylation sites (tertiary alicyclic amines) is 2. The maximum atomic E-state index is 13.5. The molecule has 0 aliphatic carbocycles. The highest BCUT2D eigenvalue weighted by Crippen LogP contribution is 2.25. The molecular formula is C31H51N5O3. The van der Waals surface area contributed by atoms with E-state index in [4.69, 9.17) is 0 Å². The number of phenols is 1. The number of nitrogens with zero attached hydrogens (tertiary/aromatic N) is 3. The van der Waals surface area contributed by atoms with Crippen LogP contribution < -0.4 is 10.6 Å². The maximum Gasteiger partial charge on any atom is 0.245 e. The zero-order valence-electron chi connectivity index (χ0n) is 24.1. The molecule has 1 atom stereocenters. The Morgan fingerprint density at radius 3 is 2.05 bits per heavy atom. The molecule has 1 aromatic carbocycles. The lowest BCUT2D eigenvalue weighted by atomic mass is 9.90. The first-order valence-corrected chi connectivity index (χ1v) is 15.5. The van der Waals surface area contributed by atoms with Crippen molar-refractivity contribution in [3.8, 4) is 5.75 Å². The Hall–Kier alpha value is -2.16. The molecule has 3 N–H and O–H groups in total. The summed E-state index contributed by atoms with van der Waals surface area (Å²) >= 11 is 0. The number of piperidine rings is 2. The predicted molar refractivity (Wildman–Crippen MR) is 156 cm³/mol. The minimum atomic E-state index is -0.557. The van der Waals surface area contributed by atoms with E-state index in [0.717, 1.165) is 56.9 Å². The molecule has 3 aliphatic rings. The summed E-state index contributed by atoms with van der Waals surface area (Å²) in [4.78, 5) is 33.1. The molecule has 3 heterocycles. The average Bonchev–Trinajstić information content (AvgIpc) is 2.97. The zero-order valence-corrected chi connectivity index (χ0v) is 24.1. The molecule has 39 heavy (non-hydrogen) atoms. The molecule has 0 unspecified atom stereocenters. The number of hydrogen-bond acceptors (Lipinski definition) is 6. The van der Waals surface area contributed by atoms with E-state index >= 15 is 0 Å². The second-order valence-electron chi connectivity index (χ2n) is 12.0. The summed E-state index contributed by atoms with van der Waals surface area (Å²) in [5.74, 6) is 1.71. The van der Waals surface area contributed by atoms with E-state index in [-0.39, 0.29) is 17.6 Å². The molecule has 218 valence electrons. The highest BCUT2D eigenvalue weighted by atomic mass is 16.3. The standard InChI is InChI=1S/C31H51N5O3/c1-2-3-30(38)33-29(24-27-4-6-28(37)7-5-27)31(39)36-20-12-26(13-21-36)10-18-34-16-8-25(9-17-34)11-19-35-22-14-32-15-23-35/h4-7,25-26,29,32,37H,2-3,8-24H2,1H3,(H,33,38)/t29-/m0/s1. The first-order valence-electron chi connectivity index (χ1n) is 15.5. The molecule has 8 heteroatoms. The van der Waals surface area contributed by atoms with Gasteiger partial charge in [-0.15, -0.1) is 0 Å². The summed E-state index contributed by atoms with van der Waals surface area (Å²) < 4.78 is 0. The molecule has 3 saturated heterocycles. The van der Waals surface area contributed by atoms with E-state index in [9.17, 15) is 14.7 Å². The van der Waals surface area contributed by atoms with Crippen LogP contribution in [-0.4, -0.2) is 103 Å². The Labute approximate surface area is 235 Å². The van der Waals surface area contributed by atoms with Gasteiger partial charge in [0.15, 0.2) is 0 Å². The largest absolute Gasteiger partial charge is 0.508 e. The molecule has 8 nitrogen and oxygen atoms in total. The number of phenolic OH excluding ortho intramolecular Hbond substituents is 1. The number of rotatable bonds is 12. The molecule has 1 aromatic rings. The van der Waals surface area contributed by atoms with Crippen LogP contribution in [-0.2, 0) is 16.0 Å². The Morgan fingerprint density at radius 2 is 1.46 bits per heavy atom. The second kappa shape index (κ2) is 15.6. The van der Waals surface area contributed by atoms with Crippen molar-refractivity contribution in [2.45, 2.75) is 70.8 Å². The van der Waals surface area contributed by atoms with Gasteiger partial charge >= 0.3 is 0 Å². The fourth-order valence-corrected chi connectivity index (χ4v) is 6.39. The Morgan fingerprint density at radius 1 is 0.897 bits per heavy atom. The monoisotopic (exact) mass is 541 g/mol. The van der Waals surface area contributed by atoms with E-state index in [0.29, 0.717) is 18.8 Å². The van der Waals surface area contributed by atoms with E-state index in [1.54, 1.807) is 12.1 Å². The highest BCUT2D eigenvalue weighted by molar-refractivity contribution is 5.88. The van der Waals surface area contributed by atoms with Crippen molar-refractivity contribution in [3.63, 3.8) is 0 Å². The third kappa shape index (κ3) is 9.76. The van der Waals surface area contributed by atoms with Crippen LogP contribution >= 0.6 is 0 Å². The number of amides is 2. The lowest BCUT2D eigenvalue weighted by Crippen LogP contribution is -2.51. The van der Waals surface area contributed by atoms with Crippen molar-refractivity contribution in [2.75, 3.05) is 65.4 Å². The lowest BCUT2D eigenvalue weighted by Gasteiger charge is -2.37. The number of nitrogens with one attached hydrogen (secondary N) is 2. The number of piperazine rings is 1. The quantitative estimate of drug-likeness (QED) is 0.377. The van der Waals surface area contributed by atoms with Gasteiger partial charge in [0.05, 0.1) is 0 Å². The normalized spacial score (nSPS) is 21.1. The minimum absolute atomic E-state index is 0.0221. The van der Waals surface area contributed by atoms with Gasteiger partial charge in [-0.2, -0.15) is 0 Å². The summed E-state index contributed by atoms with van der Waals surface area (Å²) in [6, 6.07) is 6.35. The van der Waals surface area contributed by atoms with E-state index in [1.807, 2.05) is 24.0 Å². The highest BCUT2D eigenvalue weighted by Gasteiger charge is 2.30. The minimum Gasteiger partial charge on any atom is -0.508 e. The van der Waals surface area contributed by atoms with Crippen LogP contribution in [0.5, 0.6) is 5.75 Å². The number of carbonyl (C=O) groups is 2. The van der Waals surface area contributed by atoms with Gasteiger partial charge in [-0.25, -0.2) is 0 Å². The van der Waals surface area contributed by atoms with Crippen LogP contribution in [0.15, 0.2) is 24.3 Å². The van der Waals surface area contributed by atoms with Crippen molar-refractivity contribution in [1.29, 1.82) is 0 Å². The first-order chi connectivity index (χ1) is 19.0. The molecule has 3 fully saturated rings. The number of hydrogen-bond donors (Lipinski definition) is 3. The number of carbonyl (C=O) groups excluding carboxylic acids is 2. The van der Waals surface area contributed by atoms with Gasteiger partial charge in [-0.1, -0.05) is 19.1 Å². The van der Waals surface area contributed by atoms with Gasteiger partial charge in [0.25, 0.3) is 0 Å². The topological polar surface area (TPSA) is 88.1 Å². The molecule has 0 saturated carbocycles. The molecule has 4 rings (SSSR count). The Balaban J connectivity index is 1.16. The summed E-state index contributed by atoms with van der Waals surface area (Å²) in [6.45, 7) is 13.1. The molecule has 0 aromatic heterocycles. The molecule has 0 bridgehead atoms. The molecule has 3 aliphatic heterocycles. The zero-order chi connectivity index (χ0) is 27.5. The smallest absolute Gasteiger partial charge is 0.245 e. The fraction of sp³-hybridized carbons (Fsp3) is 0.742. The van der Waals surface area contributed by atoms with Gasteiger partial charge in [-0.3, -0.25) is 9.59 Å². The van der Waals surface area contributed by atoms with E-state index in [2.05, 4.69) is 20.4 Å². The molecule has 0 spiro atoms. The van der Waals surface area contributed by atoms with E-state index < -0.39 is 6.04 Å². The summed E-state index contributed by atoms with van der Waals surface area (Å²) in [7, 11) is 0. The van der Waals surface area contributed by atoms with Gasteiger partial charge in [-0.05, 0) is 101 Å². The molecular weight excluding hydrogens is 490 g/mol.